The molecule has 0 fully saturated rings. The maximum Gasteiger partial charge on any atom is 0.347 e. The van der Waals surface area contributed by atoms with Gasteiger partial charge in [-0.2, -0.15) is 0 Å². The van der Waals surface area contributed by atoms with Gasteiger partial charge in [0.2, 0.25) is 0 Å². The molecule has 4 nitrogen and oxygen atoms in total. The third-order valence-corrected chi connectivity index (χ3v) is 3.37. The Morgan fingerprint density at radius 1 is 1.50 bits per heavy atom. The first-order valence-corrected chi connectivity index (χ1v) is 6.00. The first-order valence-electron chi connectivity index (χ1n) is 5.12. The molecule has 0 N–H and O–H groups in total. The average Bonchev–Trinajstić information content (AvgIpc) is 2.70. The van der Waals surface area contributed by atoms with E-state index in [4.69, 9.17) is 0 Å². The van der Waals surface area contributed by atoms with Crippen LogP contribution in [0.15, 0.2) is 28.6 Å². The summed E-state index contributed by atoms with van der Waals surface area (Å²) in [5, 5.41) is 3.10. The van der Waals surface area contributed by atoms with E-state index in [1.807, 2.05) is 5.38 Å². The van der Waals surface area contributed by atoms with E-state index in [1.165, 1.54) is 6.20 Å². The molecule has 0 saturated heterocycles. The summed E-state index contributed by atoms with van der Waals surface area (Å²) in [6.45, 7) is 4.72. The summed E-state index contributed by atoms with van der Waals surface area (Å²) in [5.74, 6) is 0.435. The Kier molecular flexibility index (Phi) is 3.14. The van der Waals surface area contributed by atoms with Crippen LogP contribution in [-0.2, 0) is 6.54 Å². The van der Waals surface area contributed by atoms with Crippen LogP contribution in [-0.4, -0.2) is 14.5 Å². The van der Waals surface area contributed by atoms with Gasteiger partial charge in [0, 0.05) is 23.7 Å². The zero-order chi connectivity index (χ0) is 11.5. The second-order valence-electron chi connectivity index (χ2n) is 3.86. The summed E-state index contributed by atoms with van der Waals surface area (Å²) in [6.07, 6.45) is 3.23. The molecule has 0 saturated carbocycles. The highest BCUT2D eigenvalue weighted by atomic mass is 32.1. The Morgan fingerprint density at radius 3 is 2.94 bits per heavy atom. The lowest BCUT2D eigenvalue weighted by Gasteiger charge is -2.01. The molecule has 0 aliphatic carbocycles. The van der Waals surface area contributed by atoms with Gasteiger partial charge in [-0.15, -0.1) is 11.3 Å². The number of aromatic nitrogens is 3. The summed E-state index contributed by atoms with van der Waals surface area (Å²) >= 11 is 1.64. The van der Waals surface area contributed by atoms with Crippen molar-refractivity contribution in [2.75, 3.05) is 0 Å². The highest BCUT2D eigenvalue weighted by Gasteiger charge is 2.06. The SMILES string of the molecule is CC(C)c1nc(Cn2cccnc2=O)cs1. The van der Waals surface area contributed by atoms with Crippen molar-refractivity contribution in [3.05, 3.63) is 45.0 Å². The van der Waals surface area contributed by atoms with Crippen LogP contribution >= 0.6 is 11.3 Å². The fourth-order valence-electron chi connectivity index (χ4n) is 1.34. The van der Waals surface area contributed by atoms with Gasteiger partial charge >= 0.3 is 5.69 Å². The van der Waals surface area contributed by atoms with Gasteiger partial charge in [0.05, 0.1) is 17.2 Å². The minimum atomic E-state index is -0.235. The van der Waals surface area contributed by atoms with Crippen molar-refractivity contribution in [1.29, 1.82) is 0 Å². The predicted molar refractivity (Wildman–Crippen MR) is 63.8 cm³/mol. The molecular weight excluding hydrogens is 222 g/mol. The first-order chi connectivity index (χ1) is 7.66. The van der Waals surface area contributed by atoms with Crippen molar-refractivity contribution in [3.63, 3.8) is 0 Å². The Hall–Kier alpha value is -1.49. The molecule has 0 spiro atoms. The van der Waals surface area contributed by atoms with Crippen molar-refractivity contribution < 1.29 is 0 Å². The second-order valence-corrected chi connectivity index (χ2v) is 4.75. The molecule has 2 aromatic heterocycles. The minimum Gasteiger partial charge on any atom is -0.293 e. The Labute approximate surface area is 97.6 Å². The van der Waals surface area contributed by atoms with Gasteiger partial charge in [-0.25, -0.2) is 14.8 Å². The van der Waals surface area contributed by atoms with E-state index in [1.54, 1.807) is 28.2 Å². The van der Waals surface area contributed by atoms with Crippen LogP contribution in [0.3, 0.4) is 0 Å². The van der Waals surface area contributed by atoms with Crippen molar-refractivity contribution >= 4 is 11.3 Å². The number of hydrogen-bond acceptors (Lipinski definition) is 4. The van der Waals surface area contributed by atoms with E-state index < -0.39 is 0 Å². The maximum atomic E-state index is 11.4. The van der Waals surface area contributed by atoms with Gasteiger partial charge in [-0.05, 0) is 6.07 Å². The Morgan fingerprint density at radius 2 is 2.31 bits per heavy atom. The topological polar surface area (TPSA) is 47.8 Å². The number of thiazole rings is 1. The normalized spacial score (nSPS) is 10.9. The van der Waals surface area contributed by atoms with Crippen molar-refractivity contribution in [2.24, 2.45) is 0 Å². The molecule has 0 aromatic carbocycles. The average molecular weight is 235 g/mol. The molecule has 0 amide bonds. The minimum absolute atomic E-state index is 0.235. The molecule has 0 radical (unpaired) electrons. The molecule has 2 aromatic rings. The molecule has 84 valence electrons. The van der Waals surface area contributed by atoms with E-state index in [-0.39, 0.29) is 5.69 Å². The van der Waals surface area contributed by atoms with Crippen LogP contribution < -0.4 is 5.69 Å². The van der Waals surface area contributed by atoms with Crippen LogP contribution in [0.2, 0.25) is 0 Å². The summed E-state index contributed by atoms with van der Waals surface area (Å²) in [6, 6.07) is 1.75. The number of hydrogen-bond donors (Lipinski definition) is 0. The monoisotopic (exact) mass is 235 g/mol. The van der Waals surface area contributed by atoms with Crippen LogP contribution in [0.4, 0.5) is 0 Å². The second kappa shape index (κ2) is 4.57. The predicted octanol–water partition coefficient (Wildman–Crippen LogP) is 1.87. The fraction of sp³-hybridized carbons (Fsp3) is 0.364. The summed E-state index contributed by atoms with van der Waals surface area (Å²) in [7, 11) is 0. The third-order valence-electron chi connectivity index (χ3n) is 2.18. The third kappa shape index (κ3) is 2.36. The number of nitrogens with zero attached hydrogens (tertiary/aromatic N) is 3. The van der Waals surface area contributed by atoms with Crippen LogP contribution in [0.25, 0.3) is 0 Å². The molecular formula is C11H13N3OS. The lowest BCUT2D eigenvalue weighted by atomic mass is 10.2. The van der Waals surface area contributed by atoms with E-state index in [9.17, 15) is 4.79 Å². The van der Waals surface area contributed by atoms with Gasteiger partial charge in [0.15, 0.2) is 0 Å². The summed E-state index contributed by atoms with van der Waals surface area (Å²) in [4.78, 5) is 19.6. The molecule has 0 bridgehead atoms. The Balaban J connectivity index is 2.21. The molecule has 0 aliphatic heterocycles. The zero-order valence-corrected chi connectivity index (χ0v) is 10.1. The molecule has 0 unspecified atom stereocenters. The van der Waals surface area contributed by atoms with E-state index >= 15 is 0 Å². The van der Waals surface area contributed by atoms with Crippen LogP contribution in [0.5, 0.6) is 0 Å². The van der Waals surface area contributed by atoms with Gasteiger partial charge in [0.25, 0.3) is 0 Å². The van der Waals surface area contributed by atoms with E-state index in [2.05, 4.69) is 23.8 Å². The fourth-order valence-corrected chi connectivity index (χ4v) is 2.17. The van der Waals surface area contributed by atoms with Gasteiger partial charge in [-0.1, -0.05) is 13.8 Å². The van der Waals surface area contributed by atoms with E-state index in [0.717, 1.165) is 10.7 Å². The van der Waals surface area contributed by atoms with Gasteiger partial charge < -0.3 is 0 Å². The Bertz CT molecular complexity index is 530. The number of rotatable bonds is 3. The van der Waals surface area contributed by atoms with Crippen molar-refractivity contribution in [3.8, 4) is 0 Å². The standard InChI is InChI=1S/C11H13N3OS/c1-8(2)10-13-9(7-16-10)6-14-5-3-4-12-11(14)15/h3-5,7-8H,6H2,1-2H3. The van der Waals surface area contributed by atoms with Crippen molar-refractivity contribution in [2.45, 2.75) is 26.3 Å². The lowest BCUT2D eigenvalue weighted by Crippen LogP contribution is -2.22. The highest BCUT2D eigenvalue weighted by Crippen LogP contribution is 2.19. The smallest absolute Gasteiger partial charge is 0.293 e. The summed E-state index contributed by atoms with van der Waals surface area (Å²) in [5.41, 5.74) is 0.686. The molecule has 2 rings (SSSR count). The van der Waals surface area contributed by atoms with E-state index in [0.29, 0.717) is 12.5 Å². The maximum absolute atomic E-state index is 11.4. The molecule has 2 heterocycles. The van der Waals surface area contributed by atoms with Crippen LogP contribution in [0.1, 0.15) is 30.5 Å². The van der Waals surface area contributed by atoms with Crippen molar-refractivity contribution in [1.82, 2.24) is 14.5 Å². The zero-order valence-electron chi connectivity index (χ0n) is 9.25. The highest BCUT2D eigenvalue weighted by molar-refractivity contribution is 7.09. The quantitative estimate of drug-likeness (QED) is 0.816. The molecule has 16 heavy (non-hydrogen) atoms. The summed E-state index contributed by atoms with van der Waals surface area (Å²) < 4.78 is 1.55. The molecule has 0 atom stereocenters. The van der Waals surface area contributed by atoms with Gasteiger partial charge in [-0.3, -0.25) is 4.57 Å². The largest absolute Gasteiger partial charge is 0.347 e. The first kappa shape index (κ1) is 11.0. The molecule has 0 aliphatic rings. The van der Waals surface area contributed by atoms with Gasteiger partial charge in [0.1, 0.15) is 0 Å². The molecule has 5 heteroatoms. The van der Waals surface area contributed by atoms with Crippen LogP contribution in [0, 0.1) is 0 Å². The lowest BCUT2D eigenvalue weighted by molar-refractivity contribution is 0.708.